The molecule has 2 aromatic rings. The number of nitro groups is 4. The molecule has 2 aliphatic rings. The van der Waals surface area contributed by atoms with Crippen molar-refractivity contribution in [2.75, 3.05) is 0 Å². The minimum atomic E-state index is -0.874. The monoisotopic (exact) mass is 547 g/mol. The number of allylic oxidation sites excluding steroid dienone is 3. The van der Waals surface area contributed by atoms with Gasteiger partial charge in [-0.3, -0.25) is 40.5 Å². The van der Waals surface area contributed by atoms with E-state index in [-0.39, 0.29) is 33.4 Å². The van der Waals surface area contributed by atoms with Crippen LogP contribution in [0.2, 0.25) is 0 Å². The van der Waals surface area contributed by atoms with E-state index in [1.807, 2.05) is 53.7 Å². The summed E-state index contributed by atoms with van der Waals surface area (Å²) in [5, 5.41) is 47.7. The van der Waals surface area contributed by atoms with E-state index in [4.69, 9.17) is 4.99 Å². The van der Waals surface area contributed by atoms with Gasteiger partial charge in [0.2, 0.25) is 0 Å². The second-order valence-corrected chi connectivity index (χ2v) is 11.5. The van der Waals surface area contributed by atoms with E-state index in [0.717, 1.165) is 23.3 Å². The maximum absolute atomic E-state index is 12.2. The number of nitro benzene ring substituents is 2. The zero-order chi connectivity index (χ0) is 29.9. The average molecular weight is 548 g/mol. The molecular weight excluding hydrogens is 522 g/mol. The van der Waals surface area contributed by atoms with Gasteiger partial charge < -0.3 is 0 Å². The zero-order valence-corrected chi connectivity index (χ0v) is 22.5. The van der Waals surface area contributed by atoms with Gasteiger partial charge in [-0.15, -0.1) is 0 Å². The summed E-state index contributed by atoms with van der Waals surface area (Å²) in [6.45, 7) is 11.8. The number of hydrogen-bond donors (Lipinski definition) is 0. The second kappa shape index (κ2) is 9.29. The Morgan fingerprint density at radius 1 is 0.725 bits per heavy atom. The molecular formula is C27H25N5O8. The summed E-state index contributed by atoms with van der Waals surface area (Å²) in [5.74, 6) is 0. The summed E-state index contributed by atoms with van der Waals surface area (Å²) >= 11 is 0. The zero-order valence-electron chi connectivity index (χ0n) is 22.5. The maximum Gasteiger partial charge on any atom is 0.302 e. The number of nitrogens with zero attached hydrogens (tertiary/aromatic N) is 5. The molecule has 0 atom stereocenters. The number of hydrogen-bond acceptors (Lipinski definition) is 9. The van der Waals surface area contributed by atoms with Crippen molar-refractivity contribution in [2.45, 2.75) is 52.4 Å². The van der Waals surface area contributed by atoms with Crippen LogP contribution >= 0.6 is 0 Å². The summed E-state index contributed by atoms with van der Waals surface area (Å²) in [4.78, 5) is 49.0. The van der Waals surface area contributed by atoms with Crippen LogP contribution in [-0.4, -0.2) is 25.4 Å². The molecule has 0 radical (unpaired) electrons. The average Bonchev–Trinajstić information content (AvgIpc) is 3.21. The molecule has 2 aliphatic carbocycles. The molecule has 0 saturated heterocycles. The first-order valence-electron chi connectivity index (χ1n) is 12.1. The summed E-state index contributed by atoms with van der Waals surface area (Å²) in [6, 6.07) is 7.38. The molecule has 0 aromatic heterocycles. The van der Waals surface area contributed by atoms with Gasteiger partial charge in [-0.05, 0) is 39.7 Å². The lowest BCUT2D eigenvalue weighted by atomic mass is 9.81. The third-order valence-corrected chi connectivity index (χ3v) is 6.68. The Labute approximate surface area is 227 Å². The minimum absolute atomic E-state index is 0.0459. The molecule has 0 heterocycles. The van der Waals surface area contributed by atoms with E-state index in [1.165, 1.54) is 6.08 Å². The third-order valence-electron chi connectivity index (χ3n) is 6.68. The first kappa shape index (κ1) is 28.0. The molecule has 0 saturated carbocycles. The van der Waals surface area contributed by atoms with E-state index >= 15 is 0 Å². The molecule has 0 amide bonds. The summed E-state index contributed by atoms with van der Waals surface area (Å²) < 4.78 is 0. The van der Waals surface area contributed by atoms with Crippen molar-refractivity contribution in [2.24, 2.45) is 4.99 Å². The Morgan fingerprint density at radius 3 is 1.88 bits per heavy atom. The van der Waals surface area contributed by atoms with Crippen LogP contribution in [0.1, 0.15) is 63.8 Å². The number of benzene rings is 2. The van der Waals surface area contributed by atoms with Gasteiger partial charge in [-0.25, -0.2) is 4.99 Å². The molecule has 40 heavy (non-hydrogen) atoms. The normalized spacial score (nSPS) is 15.8. The van der Waals surface area contributed by atoms with Crippen LogP contribution in [0.5, 0.6) is 0 Å². The van der Waals surface area contributed by atoms with Crippen molar-refractivity contribution >= 4 is 34.4 Å². The predicted octanol–water partition coefficient (Wildman–Crippen LogP) is 6.43. The smallest absolute Gasteiger partial charge is 0.258 e. The van der Waals surface area contributed by atoms with Crippen LogP contribution in [-0.2, 0) is 10.8 Å². The Hall–Kier alpha value is -5.07. The van der Waals surface area contributed by atoms with Crippen molar-refractivity contribution < 1.29 is 19.7 Å². The molecule has 0 aliphatic heterocycles. The molecule has 0 fully saturated rings. The van der Waals surface area contributed by atoms with Crippen LogP contribution in [0, 0.1) is 40.5 Å². The van der Waals surface area contributed by atoms with Gasteiger partial charge in [0.25, 0.3) is 17.1 Å². The summed E-state index contributed by atoms with van der Waals surface area (Å²) in [7, 11) is 0. The Bertz CT molecular complexity index is 1670. The van der Waals surface area contributed by atoms with E-state index in [0.29, 0.717) is 11.8 Å². The Morgan fingerprint density at radius 2 is 1.38 bits per heavy atom. The topological polar surface area (TPSA) is 185 Å². The number of rotatable bonds is 5. The lowest BCUT2D eigenvalue weighted by molar-refractivity contribution is -0.428. The largest absolute Gasteiger partial charge is 0.302 e. The number of fused-ring (bicyclic) bond motifs is 3. The Balaban J connectivity index is 2.12. The SMILES string of the molecule is CC(C)(C)c1ccc(C(C)(C)C)c(N=C2C3=Cc4cc([N+](=O)[O-])cc([N+](=O)[O-])c4C3=C([N+](=O)[O-])C=C2[N+](=O)[O-])c1. The van der Waals surface area contributed by atoms with Gasteiger partial charge in [0.05, 0.1) is 48.7 Å². The standard InChI is InChI=1S/C27H25N5O8/c1-26(2,3)15-7-8-18(27(4,5)6)19(11-15)28-25-17-10-14-9-16(29(33)34)12-20(30(35)36)23(14)24(17)21(31(37)38)13-22(25)32(39)40/h7-13H,1-6H3. The molecule has 206 valence electrons. The van der Waals surface area contributed by atoms with E-state index in [2.05, 4.69) is 0 Å². The number of non-ortho nitro benzene ring substituents is 1. The maximum atomic E-state index is 12.2. The highest BCUT2D eigenvalue weighted by Gasteiger charge is 2.44. The molecule has 4 rings (SSSR count). The van der Waals surface area contributed by atoms with Gasteiger partial charge in [0.15, 0.2) is 0 Å². The molecule has 2 aromatic carbocycles. The molecule has 0 spiro atoms. The lowest BCUT2D eigenvalue weighted by Gasteiger charge is -2.26. The minimum Gasteiger partial charge on any atom is -0.258 e. The van der Waals surface area contributed by atoms with Crippen LogP contribution in [0.25, 0.3) is 11.6 Å². The first-order chi connectivity index (χ1) is 18.4. The van der Waals surface area contributed by atoms with Crippen molar-refractivity contribution in [1.29, 1.82) is 0 Å². The molecule has 0 bridgehead atoms. The fraction of sp³-hybridized carbons (Fsp3) is 0.296. The highest BCUT2D eigenvalue weighted by molar-refractivity contribution is 6.29. The van der Waals surface area contributed by atoms with Crippen LogP contribution in [0.4, 0.5) is 17.1 Å². The van der Waals surface area contributed by atoms with Gasteiger partial charge in [-0.2, -0.15) is 0 Å². The van der Waals surface area contributed by atoms with Crippen molar-refractivity contribution in [3.05, 3.63) is 116 Å². The summed E-state index contributed by atoms with van der Waals surface area (Å²) in [6.07, 6.45) is 1.98. The fourth-order valence-electron chi connectivity index (χ4n) is 4.74. The summed E-state index contributed by atoms with van der Waals surface area (Å²) in [5.41, 5.74) is -2.33. The predicted molar refractivity (Wildman–Crippen MR) is 148 cm³/mol. The molecule has 0 N–H and O–H groups in total. The van der Waals surface area contributed by atoms with Crippen molar-refractivity contribution in [3.63, 3.8) is 0 Å². The van der Waals surface area contributed by atoms with Crippen LogP contribution in [0.3, 0.4) is 0 Å². The van der Waals surface area contributed by atoms with Crippen LogP contribution in [0.15, 0.2) is 58.4 Å². The quantitative estimate of drug-likeness (QED) is 0.302. The van der Waals surface area contributed by atoms with Crippen molar-refractivity contribution in [3.8, 4) is 0 Å². The van der Waals surface area contributed by atoms with Gasteiger partial charge in [0, 0.05) is 11.6 Å². The fourth-order valence-corrected chi connectivity index (χ4v) is 4.74. The highest BCUT2D eigenvalue weighted by atomic mass is 16.6. The van der Waals surface area contributed by atoms with Crippen molar-refractivity contribution in [1.82, 2.24) is 0 Å². The van der Waals surface area contributed by atoms with Gasteiger partial charge in [-0.1, -0.05) is 53.7 Å². The molecule has 0 unspecified atom stereocenters. The first-order valence-corrected chi connectivity index (χ1v) is 12.1. The lowest BCUT2D eigenvalue weighted by Crippen LogP contribution is -2.21. The van der Waals surface area contributed by atoms with Gasteiger partial charge in [0.1, 0.15) is 5.71 Å². The second-order valence-electron chi connectivity index (χ2n) is 11.5. The van der Waals surface area contributed by atoms with Gasteiger partial charge >= 0.3 is 5.70 Å². The third kappa shape index (κ3) is 4.77. The van der Waals surface area contributed by atoms with E-state index in [1.54, 1.807) is 6.07 Å². The molecule has 13 heteroatoms. The highest BCUT2D eigenvalue weighted by Crippen LogP contribution is 2.49. The molecule has 13 nitrogen and oxygen atoms in total. The Kier molecular flexibility index (Phi) is 6.49. The van der Waals surface area contributed by atoms with E-state index < -0.39 is 47.9 Å². The number of aliphatic imine (C=N–C) groups is 1. The van der Waals surface area contributed by atoms with Crippen LogP contribution < -0.4 is 0 Å². The van der Waals surface area contributed by atoms with E-state index in [9.17, 15) is 40.5 Å².